The quantitative estimate of drug-likeness (QED) is 0.419. The Balaban J connectivity index is 0.00000242. The lowest BCUT2D eigenvalue weighted by atomic mass is 10.1. The molecule has 1 aliphatic rings. The van der Waals surface area contributed by atoms with Crippen LogP contribution in [0.4, 0.5) is 4.39 Å². The zero-order valence-electron chi connectivity index (χ0n) is 13.2. The lowest BCUT2D eigenvalue weighted by molar-refractivity contribution is 0.616. The van der Waals surface area contributed by atoms with Gasteiger partial charge in [0, 0.05) is 18.3 Å². The molecule has 0 saturated carbocycles. The van der Waals surface area contributed by atoms with Crippen molar-refractivity contribution in [3.8, 4) is 0 Å². The van der Waals surface area contributed by atoms with Gasteiger partial charge in [-0.25, -0.2) is 9.38 Å². The first-order chi connectivity index (χ1) is 10.2. The van der Waals surface area contributed by atoms with Crippen LogP contribution in [0.1, 0.15) is 30.9 Å². The molecule has 0 amide bonds. The fourth-order valence-electron chi connectivity index (χ4n) is 2.26. The van der Waals surface area contributed by atoms with Crippen molar-refractivity contribution in [1.29, 1.82) is 0 Å². The van der Waals surface area contributed by atoms with E-state index < -0.39 is 0 Å². The fraction of sp³-hybridized carbons (Fsp3) is 0.562. The van der Waals surface area contributed by atoms with Crippen LogP contribution in [0.5, 0.6) is 0 Å². The molecule has 124 valence electrons. The van der Waals surface area contributed by atoms with Gasteiger partial charge in [-0.2, -0.15) is 11.8 Å². The molecule has 0 aliphatic carbocycles. The number of hydrogen-bond donors (Lipinski definition) is 2. The molecule has 1 aromatic rings. The molecule has 1 atom stereocenters. The van der Waals surface area contributed by atoms with Crippen molar-refractivity contribution < 1.29 is 4.39 Å². The summed E-state index contributed by atoms with van der Waals surface area (Å²) in [6.07, 6.45) is 2.59. The topological polar surface area (TPSA) is 36.4 Å². The highest BCUT2D eigenvalue weighted by Crippen LogP contribution is 2.25. The summed E-state index contributed by atoms with van der Waals surface area (Å²) < 4.78 is 13.5. The molecule has 1 aliphatic heterocycles. The number of rotatable bonds is 5. The first-order valence-corrected chi connectivity index (χ1v) is 8.62. The molecule has 0 radical (unpaired) electrons. The maximum Gasteiger partial charge on any atom is 0.191 e. The summed E-state index contributed by atoms with van der Waals surface area (Å²) in [4.78, 5) is 4.53. The molecule has 0 aromatic heterocycles. The monoisotopic (exact) mass is 437 g/mol. The van der Waals surface area contributed by atoms with Crippen molar-refractivity contribution in [3.63, 3.8) is 0 Å². The number of hydrogen-bond acceptors (Lipinski definition) is 2. The molecular formula is C16H25FIN3S. The number of benzene rings is 1. The van der Waals surface area contributed by atoms with Crippen LogP contribution in [0.25, 0.3) is 0 Å². The van der Waals surface area contributed by atoms with E-state index >= 15 is 0 Å². The van der Waals surface area contributed by atoms with E-state index in [-0.39, 0.29) is 29.8 Å². The largest absolute Gasteiger partial charge is 0.357 e. The molecule has 22 heavy (non-hydrogen) atoms. The van der Waals surface area contributed by atoms with E-state index in [1.807, 2.05) is 24.8 Å². The highest BCUT2D eigenvalue weighted by Gasteiger charge is 2.15. The van der Waals surface area contributed by atoms with E-state index in [1.165, 1.54) is 18.6 Å². The van der Waals surface area contributed by atoms with Gasteiger partial charge in [-0.05, 0) is 49.6 Å². The van der Waals surface area contributed by atoms with Crippen molar-refractivity contribution >= 4 is 41.7 Å². The summed E-state index contributed by atoms with van der Waals surface area (Å²) in [5, 5.41) is 7.31. The minimum Gasteiger partial charge on any atom is -0.357 e. The molecule has 1 saturated heterocycles. The normalized spacial score (nSPS) is 18.0. The summed E-state index contributed by atoms with van der Waals surface area (Å²) in [7, 11) is 0. The van der Waals surface area contributed by atoms with Crippen molar-refractivity contribution in [2.24, 2.45) is 4.99 Å². The Morgan fingerprint density at radius 1 is 1.41 bits per heavy atom. The number of halogens is 2. The summed E-state index contributed by atoms with van der Waals surface area (Å²) in [5.74, 6) is 1.91. The molecule has 1 unspecified atom stereocenters. The Hall–Kier alpha value is -0.500. The Morgan fingerprint density at radius 2 is 2.23 bits per heavy atom. The molecule has 6 heteroatoms. The van der Waals surface area contributed by atoms with Crippen LogP contribution in [-0.4, -0.2) is 30.1 Å². The number of nitrogens with zero attached hydrogens (tertiary/aromatic N) is 1. The van der Waals surface area contributed by atoms with Gasteiger partial charge in [-0.1, -0.05) is 12.1 Å². The first-order valence-electron chi connectivity index (χ1n) is 7.58. The predicted molar refractivity (Wildman–Crippen MR) is 105 cm³/mol. The summed E-state index contributed by atoms with van der Waals surface area (Å²) >= 11 is 2.03. The van der Waals surface area contributed by atoms with Crippen LogP contribution in [0.2, 0.25) is 0 Å². The second-order valence-corrected chi connectivity index (χ2v) is 6.70. The zero-order valence-corrected chi connectivity index (χ0v) is 16.3. The predicted octanol–water partition coefficient (Wildman–Crippen LogP) is 3.70. The number of aliphatic imine (C=N–C) groups is 1. The Labute approximate surface area is 154 Å². The van der Waals surface area contributed by atoms with E-state index in [9.17, 15) is 4.39 Å². The van der Waals surface area contributed by atoms with Crippen molar-refractivity contribution in [1.82, 2.24) is 10.6 Å². The van der Waals surface area contributed by atoms with E-state index in [0.29, 0.717) is 17.4 Å². The SMILES string of the molecule is CCNC(=NCc1ccc(C)c(F)c1)NCC1CCCS1.I. The summed E-state index contributed by atoms with van der Waals surface area (Å²) in [6, 6.07) is 5.29. The summed E-state index contributed by atoms with van der Waals surface area (Å²) in [5.41, 5.74) is 1.57. The van der Waals surface area contributed by atoms with Gasteiger partial charge in [0.15, 0.2) is 5.96 Å². The average molecular weight is 437 g/mol. The van der Waals surface area contributed by atoms with Gasteiger partial charge in [-0.3, -0.25) is 0 Å². The minimum absolute atomic E-state index is 0. The van der Waals surface area contributed by atoms with Crippen LogP contribution in [0.15, 0.2) is 23.2 Å². The third-order valence-electron chi connectivity index (χ3n) is 3.52. The van der Waals surface area contributed by atoms with E-state index in [4.69, 9.17) is 0 Å². The number of aryl methyl sites for hydroxylation is 1. The molecule has 3 nitrogen and oxygen atoms in total. The highest BCUT2D eigenvalue weighted by atomic mass is 127. The summed E-state index contributed by atoms with van der Waals surface area (Å²) in [6.45, 7) is 6.08. The second kappa shape index (κ2) is 10.3. The van der Waals surface area contributed by atoms with Crippen LogP contribution in [0, 0.1) is 12.7 Å². The van der Waals surface area contributed by atoms with E-state index in [0.717, 1.165) is 24.6 Å². The van der Waals surface area contributed by atoms with Gasteiger partial charge >= 0.3 is 0 Å². The zero-order chi connectivity index (χ0) is 15.1. The Bertz CT molecular complexity index is 490. The van der Waals surface area contributed by atoms with E-state index in [2.05, 4.69) is 15.6 Å². The first kappa shape index (κ1) is 19.5. The molecule has 1 heterocycles. The number of guanidine groups is 1. The van der Waals surface area contributed by atoms with Gasteiger partial charge < -0.3 is 10.6 Å². The fourth-order valence-corrected chi connectivity index (χ4v) is 3.46. The smallest absolute Gasteiger partial charge is 0.191 e. The van der Waals surface area contributed by atoms with Gasteiger partial charge in [-0.15, -0.1) is 24.0 Å². The van der Waals surface area contributed by atoms with Gasteiger partial charge in [0.1, 0.15) is 5.82 Å². The molecule has 2 rings (SSSR count). The minimum atomic E-state index is -0.164. The average Bonchev–Trinajstić information content (AvgIpc) is 2.99. The lowest BCUT2D eigenvalue weighted by Gasteiger charge is -2.14. The van der Waals surface area contributed by atoms with Crippen molar-refractivity contribution in [2.45, 2.75) is 38.5 Å². The van der Waals surface area contributed by atoms with Crippen molar-refractivity contribution in [2.75, 3.05) is 18.8 Å². The number of nitrogens with one attached hydrogen (secondary N) is 2. The third-order valence-corrected chi connectivity index (χ3v) is 4.92. The Kier molecular flexibility index (Phi) is 9.16. The van der Waals surface area contributed by atoms with Crippen LogP contribution >= 0.6 is 35.7 Å². The molecule has 2 N–H and O–H groups in total. The maximum absolute atomic E-state index is 13.5. The van der Waals surface area contributed by atoms with Crippen LogP contribution in [-0.2, 0) is 6.54 Å². The van der Waals surface area contributed by atoms with Crippen LogP contribution < -0.4 is 10.6 Å². The molecule has 0 spiro atoms. The van der Waals surface area contributed by atoms with Gasteiger partial charge in [0.05, 0.1) is 6.54 Å². The van der Waals surface area contributed by atoms with Gasteiger partial charge in [0.25, 0.3) is 0 Å². The lowest BCUT2D eigenvalue weighted by Crippen LogP contribution is -2.40. The number of thioether (sulfide) groups is 1. The highest BCUT2D eigenvalue weighted by molar-refractivity contribution is 14.0. The second-order valence-electron chi connectivity index (χ2n) is 5.29. The van der Waals surface area contributed by atoms with E-state index in [1.54, 1.807) is 19.1 Å². The standard InChI is InChI=1S/C16H24FN3S.HI/c1-3-18-16(20-11-14-5-4-8-21-14)19-10-13-7-6-12(2)15(17)9-13;/h6-7,9,14H,3-5,8,10-11H2,1-2H3,(H2,18,19,20);1H. The molecular weight excluding hydrogens is 412 g/mol. The molecule has 1 aromatic carbocycles. The molecule has 0 bridgehead atoms. The van der Waals surface area contributed by atoms with Gasteiger partial charge in [0.2, 0.25) is 0 Å². The van der Waals surface area contributed by atoms with Crippen molar-refractivity contribution in [3.05, 3.63) is 35.1 Å². The molecule has 1 fully saturated rings. The third kappa shape index (κ3) is 6.32. The maximum atomic E-state index is 13.5. The Morgan fingerprint density at radius 3 is 2.86 bits per heavy atom. The van der Waals surface area contributed by atoms with Crippen LogP contribution in [0.3, 0.4) is 0 Å².